The van der Waals surface area contributed by atoms with Gasteiger partial charge in [0.1, 0.15) is 17.0 Å². The molecule has 0 unspecified atom stereocenters. The zero-order valence-corrected chi connectivity index (χ0v) is 25.0. The number of Topliss-reactive ketones (excluding diaryl/α,β-unsaturated/α-hetero) is 1. The highest BCUT2D eigenvalue weighted by molar-refractivity contribution is 6.34. The number of aryl methyl sites for hydroxylation is 1. The lowest BCUT2D eigenvalue weighted by atomic mass is 9.85. The molecule has 43 heavy (non-hydrogen) atoms. The van der Waals surface area contributed by atoms with Gasteiger partial charge in [0.05, 0.1) is 34.4 Å². The van der Waals surface area contributed by atoms with Crippen LogP contribution in [-0.2, 0) is 13.6 Å². The standard InChI is InChI=1S/C34H34ClN5O3/c1-39-30-26(12-21(14-28(30)43-2)32(42)34-11-10-20(16-37-34)31(34)36)38-33(39)27-13-19-4-3-5-24(23-9-8-22(41)15-25(23)35)29(19)40(27)17-18-6-7-18/h3-5,8-9,12-15,18,20,31,37,41H,6-7,10-11,16-17,36H2,1-2H3/t20-,31-,34-/m1/s1. The zero-order valence-electron chi connectivity index (χ0n) is 24.2. The number of para-hydroxylation sites is 1. The fourth-order valence-electron chi connectivity index (χ4n) is 7.54. The van der Waals surface area contributed by atoms with Crippen LogP contribution in [0.25, 0.3) is 44.6 Å². The zero-order chi connectivity index (χ0) is 29.6. The number of aromatic hydroxyl groups is 1. The summed E-state index contributed by atoms with van der Waals surface area (Å²) in [4.78, 5) is 19.1. The maximum absolute atomic E-state index is 14.0. The molecule has 8 nitrogen and oxygen atoms in total. The number of halogens is 1. The van der Waals surface area contributed by atoms with E-state index in [9.17, 15) is 9.90 Å². The minimum Gasteiger partial charge on any atom is -0.508 e. The van der Waals surface area contributed by atoms with Gasteiger partial charge in [0.2, 0.25) is 0 Å². The van der Waals surface area contributed by atoms with Crippen molar-refractivity contribution in [1.29, 1.82) is 0 Å². The number of nitrogens with two attached hydrogens (primary N) is 1. The summed E-state index contributed by atoms with van der Waals surface area (Å²) in [5, 5.41) is 15.0. The number of fused-ring (bicyclic) bond motifs is 4. The summed E-state index contributed by atoms with van der Waals surface area (Å²) in [6.07, 6.45) is 4.11. The molecule has 1 saturated heterocycles. The van der Waals surface area contributed by atoms with Crippen molar-refractivity contribution in [3.63, 3.8) is 0 Å². The Balaban J connectivity index is 1.31. The van der Waals surface area contributed by atoms with E-state index < -0.39 is 5.54 Å². The molecule has 8 rings (SSSR count). The average molecular weight is 596 g/mol. The Kier molecular flexibility index (Phi) is 5.96. The molecule has 2 saturated carbocycles. The number of carbonyl (C=O) groups is 1. The molecule has 0 radical (unpaired) electrons. The second-order valence-electron chi connectivity index (χ2n) is 12.5. The Bertz CT molecular complexity index is 1950. The van der Waals surface area contributed by atoms with E-state index >= 15 is 0 Å². The van der Waals surface area contributed by atoms with Gasteiger partial charge in [-0.1, -0.05) is 29.8 Å². The molecule has 0 amide bonds. The smallest absolute Gasteiger partial charge is 0.184 e. The normalized spacial score (nSPS) is 23.1. The summed E-state index contributed by atoms with van der Waals surface area (Å²) in [5.41, 5.74) is 11.9. The van der Waals surface area contributed by atoms with E-state index in [2.05, 4.69) is 32.7 Å². The molecule has 3 fully saturated rings. The number of hydrogen-bond acceptors (Lipinski definition) is 6. The molecule has 5 aromatic rings. The van der Waals surface area contributed by atoms with Crippen LogP contribution in [0.15, 0.2) is 54.6 Å². The molecule has 2 aromatic heterocycles. The average Bonchev–Trinajstić information content (AvgIpc) is 3.42. The summed E-state index contributed by atoms with van der Waals surface area (Å²) in [5.74, 6) is 2.51. The van der Waals surface area contributed by atoms with E-state index in [-0.39, 0.29) is 17.6 Å². The number of methoxy groups -OCH3 is 1. The van der Waals surface area contributed by atoms with Gasteiger partial charge < -0.3 is 30.0 Å². The van der Waals surface area contributed by atoms with E-state index in [1.54, 1.807) is 19.2 Å². The van der Waals surface area contributed by atoms with Crippen molar-refractivity contribution in [2.45, 2.75) is 43.8 Å². The van der Waals surface area contributed by atoms with Crippen LogP contribution in [0, 0.1) is 11.8 Å². The Morgan fingerprint density at radius 2 is 1.98 bits per heavy atom. The molecule has 9 heteroatoms. The highest BCUT2D eigenvalue weighted by Gasteiger charge is 2.56. The number of phenolic OH excluding ortho intramolecular Hbond substituents is 1. The molecular formula is C34H34ClN5O3. The van der Waals surface area contributed by atoms with Crippen molar-refractivity contribution >= 4 is 39.3 Å². The lowest BCUT2D eigenvalue weighted by Crippen LogP contribution is -2.56. The molecule has 1 aliphatic heterocycles. The molecule has 3 aromatic carbocycles. The molecule has 4 N–H and O–H groups in total. The molecule has 2 bridgehead atoms. The van der Waals surface area contributed by atoms with Crippen molar-refractivity contribution in [1.82, 2.24) is 19.4 Å². The van der Waals surface area contributed by atoms with E-state index in [0.717, 1.165) is 65.0 Å². The molecular weight excluding hydrogens is 562 g/mol. The Hall–Kier alpha value is -3.85. The fourth-order valence-corrected chi connectivity index (χ4v) is 7.81. The Morgan fingerprint density at radius 1 is 1.14 bits per heavy atom. The first-order valence-electron chi connectivity index (χ1n) is 15.0. The molecule has 3 heterocycles. The number of piperidine rings is 1. The van der Waals surface area contributed by atoms with E-state index in [4.69, 9.17) is 27.1 Å². The van der Waals surface area contributed by atoms with Crippen molar-refractivity contribution in [3.05, 3.63) is 65.2 Å². The maximum Gasteiger partial charge on any atom is 0.184 e. The number of benzene rings is 3. The predicted octanol–water partition coefficient (Wildman–Crippen LogP) is 5.90. The van der Waals surface area contributed by atoms with Gasteiger partial charge in [0, 0.05) is 48.3 Å². The van der Waals surface area contributed by atoms with Crippen LogP contribution >= 0.6 is 11.6 Å². The third-order valence-corrected chi connectivity index (χ3v) is 10.3. The quantitative estimate of drug-likeness (QED) is 0.202. The summed E-state index contributed by atoms with van der Waals surface area (Å²) >= 11 is 6.65. The number of nitrogens with zero attached hydrogens (tertiary/aromatic N) is 3. The lowest BCUT2D eigenvalue weighted by Gasteiger charge is -2.29. The monoisotopic (exact) mass is 595 g/mol. The van der Waals surface area contributed by atoms with Gasteiger partial charge in [-0.3, -0.25) is 4.79 Å². The maximum atomic E-state index is 14.0. The van der Waals surface area contributed by atoms with Gasteiger partial charge in [-0.25, -0.2) is 4.98 Å². The van der Waals surface area contributed by atoms with Crippen LogP contribution in [0.4, 0.5) is 0 Å². The second-order valence-corrected chi connectivity index (χ2v) is 12.9. The minimum atomic E-state index is -0.719. The number of rotatable bonds is 7. The van der Waals surface area contributed by atoms with Crippen LogP contribution in [0.5, 0.6) is 11.5 Å². The fraction of sp³-hybridized carbons (Fsp3) is 0.353. The van der Waals surface area contributed by atoms with Crippen LogP contribution < -0.4 is 15.8 Å². The van der Waals surface area contributed by atoms with Crippen molar-refractivity contribution in [3.8, 4) is 34.1 Å². The predicted molar refractivity (Wildman–Crippen MR) is 169 cm³/mol. The highest BCUT2D eigenvalue weighted by Crippen LogP contribution is 2.44. The first-order valence-corrected chi connectivity index (χ1v) is 15.4. The van der Waals surface area contributed by atoms with Crippen molar-refractivity contribution in [2.24, 2.45) is 24.6 Å². The van der Waals surface area contributed by atoms with Gasteiger partial charge >= 0.3 is 0 Å². The number of ketones is 1. The Morgan fingerprint density at radius 3 is 2.65 bits per heavy atom. The molecule has 3 aliphatic rings. The van der Waals surface area contributed by atoms with Gasteiger partial charge in [0.15, 0.2) is 11.6 Å². The van der Waals surface area contributed by atoms with E-state index in [1.807, 2.05) is 31.3 Å². The van der Waals surface area contributed by atoms with Crippen LogP contribution in [0.2, 0.25) is 5.02 Å². The molecule has 0 spiro atoms. The summed E-state index contributed by atoms with van der Waals surface area (Å²) < 4.78 is 10.3. The molecule has 3 atom stereocenters. The largest absolute Gasteiger partial charge is 0.508 e. The van der Waals surface area contributed by atoms with Gasteiger partial charge in [-0.2, -0.15) is 0 Å². The van der Waals surface area contributed by atoms with E-state index in [1.165, 1.54) is 12.8 Å². The van der Waals surface area contributed by atoms with Crippen LogP contribution in [0.3, 0.4) is 0 Å². The summed E-state index contributed by atoms with van der Waals surface area (Å²) in [6.45, 7) is 1.64. The third kappa shape index (κ3) is 3.96. The number of imidazole rings is 1. The number of ether oxygens (including phenoxy) is 1. The first kappa shape index (κ1) is 26.8. The SMILES string of the molecule is COc1cc(C(=O)[C@]23CC[C@H](CN2)[C@H]3N)cc2nc(-c3cc4cccc(-c5ccc(O)cc5Cl)c4n3CC3CC3)n(C)c12. The first-order chi connectivity index (χ1) is 20.8. The van der Waals surface area contributed by atoms with Gasteiger partial charge in [-0.05, 0) is 73.9 Å². The Labute approximate surface area is 254 Å². The lowest BCUT2D eigenvalue weighted by molar-refractivity contribution is 0.0858. The van der Waals surface area contributed by atoms with Gasteiger partial charge in [0.25, 0.3) is 0 Å². The number of hydrogen-bond donors (Lipinski definition) is 3. The van der Waals surface area contributed by atoms with E-state index in [0.29, 0.717) is 33.7 Å². The number of aromatic nitrogens is 3. The van der Waals surface area contributed by atoms with Gasteiger partial charge in [-0.15, -0.1) is 0 Å². The second kappa shape index (κ2) is 9.58. The molecule has 2 aliphatic carbocycles. The topological polar surface area (TPSA) is 107 Å². The highest BCUT2D eigenvalue weighted by atomic mass is 35.5. The van der Waals surface area contributed by atoms with Crippen molar-refractivity contribution in [2.75, 3.05) is 13.7 Å². The number of carbonyl (C=O) groups excluding carboxylic acids is 1. The summed E-state index contributed by atoms with van der Waals surface area (Å²) in [6, 6.07) is 17.1. The van der Waals surface area contributed by atoms with Crippen LogP contribution in [0.1, 0.15) is 36.0 Å². The van der Waals surface area contributed by atoms with Crippen LogP contribution in [-0.4, -0.2) is 50.2 Å². The minimum absolute atomic E-state index is 0.0191. The van der Waals surface area contributed by atoms with Crippen molar-refractivity contribution < 1.29 is 14.6 Å². The summed E-state index contributed by atoms with van der Waals surface area (Å²) in [7, 11) is 3.64. The number of nitrogens with one attached hydrogen (secondary N) is 1. The third-order valence-electron chi connectivity index (χ3n) is 10.0. The molecule has 220 valence electrons. The number of phenols is 1.